The molecule has 40 heavy (non-hydrogen) atoms. The third kappa shape index (κ3) is 4.78. The van der Waals surface area contributed by atoms with E-state index < -0.39 is 17.0 Å². The maximum absolute atomic E-state index is 12.9. The zero-order chi connectivity index (χ0) is 28.4. The normalized spacial score (nSPS) is 19.8. The molecule has 11 heteroatoms. The van der Waals surface area contributed by atoms with Gasteiger partial charge in [0.05, 0.1) is 18.0 Å². The van der Waals surface area contributed by atoms with Crippen LogP contribution in [-0.2, 0) is 23.1 Å². The van der Waals surface area contributed by atoms with Gasteiger partial charge in [-0.2, -0.15) is 10.4 Å². The number of H-pyrrole nitrogens is 2. The average molecular weight is 541 g/mol. The number of aromatic amines is 2. The number of carbonyl (C=O) groups excluding carboxylic acids is 2. The number of aryl methyl sites for hydroxylation is 2. The largest absolute Gasteiger partial charge is 0.399 e. The first kappa shape index (κ1) is 26.9. The number of hydrogen-bond acceptors (Lipinski definition) is 7. The molecule has 7 N–H and O–H groups in total. The van der Waals surface area contributed by atoms with Gasteiger partial charge in [0, 0.05) is 17.8 Å². The quantitative estimate of drug-likeness (QED) is 0.264. The molecule has 1 aliphatic heterocycles. The molecule has 2 atom stereocenters. The van der Waals surface area contributed by atoms with Gasteiger partial charge in [-0.25, -0.2) is 9.89 Å². The van der Waals surface area contributed by atoms with Crippen LogP contribution in [0.4, 0.5) is 0 Å². The molecule has 11 nitrogen and oxygen atoms in total. The summed E-state index contributed by atoms with van der Waals surface area (Å²) in [7, 11) is 0. The summed E-state index contributed by atoms with van der Waals surface area (Å²) < 4.78 is 0. The lowest BCUT2D eigenvalue weighted by Gasteiger charge is -2.35. The number of hydrogen-bond donors (Lipinski definition) is 5. The van der Waals surface area contributed by atoms with E-state index in [0.29, 0.717) is 55.9 Å². The van der Waals surface area contributed by atoms with Crippen LogP contribution in [-0.4, -0.2) is 57.6 Å². The number of nitrogens with one attached hydrogen (secondary N) is 3. The van der Waals surface area contributed by atoms with Crippen molar-refractivity contribution in [2.75, 3.05) is 19.6 Å². The second-order valence-corrected chi connectivity index (χ2v) is 10.4. The molecule has 2 heterocycles. The second-order valence-electron chi connectivity index (χ2n) is 10.4. The minimum atomic E-state index is -0.927. The number of primary amides is 1. The maximum Gasteiger partial charge on any atom is 0.340 e. The molecule has 1 fully saturated rings. The van der Waals surface area contributed by atoms with E-state index in [1.54, 1.807) is 17.0 Å². The Kier molecular flexibility index (Phi) is 7.28. The van der Waals surface area contributed by atoms with Gasteiger partial charge in [0.25, 0.3) is 0 Å². The summed E-state index contributed by atoms with van der Waals surface area (Å²) in [4.78, 5) is 41.7. The van der Waals surface area contributed by atoms with Gasteiger partial charge in [0.2, 0.25) is 11.8 Å². The van der Waals surface area contributed by atoms with E-state index in [1.165, 1.54) is 0 Å². The Bertz CT molecular complexity index is 1510. The minimum Gasteiger partial charge on any atom is -0.399 e. The van der Waals surface area contributed by atoms with Crippen LogP contribution < -0.4 is 22.5 Å². The van der Waals surface area contributed by atoms with Crippen molar-refractivity contribution in [3.05, 3.63) is 92.7 Å². The van der Waals surface area contributed by atoms with Crippen LogP contribution in [0.15, 0.2) is 47.8 Å². The minimum absolute atomic E-state index is 0.0810. The number of aromatic nitrogens is 3. The molecule has 3 aromatic rings. The van der Waals surface area contributed by atoms with Gasteiger partial charge in [0.15, 0.2) is 0 Å². The van der Waals surface area contributed by atoms with Crippen LogP contribution in [0.25, 0.3) is 5.70 Å². The van der Waals surface area contributed by atoms with Crippen molar-refractivity contribution in [3.8, 4) is 6.07 Å². The molecule has 2 aromatic carbocycles. The van der Waals surface area contributed by atoms with Crippen molar-refractivity contribution >= 4 is 17.5 Å². The van der Waals surface area contributed by atoms with E-state index in [-0.39, 0.29) is 18.5 Å². The number of benzene rings is 2. The third-order valence-electron chi connectivity index (χ3n) is 8.03. The molecule has 206 valence electrons. The highest BCUT2D eigenvalue weighted by Gasteiger charge is 2.43. The highest BCUT2D eigenvalue weighted by atomic mass is 16.2. The number of likely N-dealkylation sites (tertiary alicyclic amines) is 1. The molecular weight excluding hydrogens is 508 g/mol. The van der Waals surface area contributed by atoms with E-state index in [1.807, 2.05) is 24.3 Å². The monoisotopic (exact) mass is 540 g/mol. The third-order valence-corrected chi connectivity index (χ3v) is 8.03. The molecule has 2 unspecified atom stereocenters. The first-order valence-corrected chi connectivity index (χ1v) is 13.3. The van der Waals surface area contributed by atoms with Gasteiger partial charge in [-0.3, -0.25) is 14.6 Å². The molecule has 1 aromatic heterocycles. The summed E-state index contributed by atoms with van der Waals surface area (Å²) in [6.45, 7) is 4.94. The summed E-state index contributed by atoms with van der Waals surface area (Å²) in [5, 5.41) is 19.5. The van der Waals surface area contributed by atoms with Crippen molar-refractivity contribution in [1.29, 1.82) is 5.26 Å². The smallest absolute Gasteiger partial charge is 0.340 e. The lowest BCUT2D eigenvalue weighted by molar-refractivity contribution is -0.130. The van der Waals surface area contributed by atoms with Gasteiger partial charge in [-0.05, 0) is 84.7 Å². The van der Waals surface area contributed by atoms with Crippen LogP contribution in [0.5, 0.6) is 0 Å². The maximum atomic E-state index is 12.9. The Balaban J connectivity index is 1.58. The number of nitrogens with two attached hydrogens (primary N) is 2. The van der Waals surface area contributed by atoms with Gasteiger partial charge >= 0.3 is 5.69 Å². The fourth-order valence-electron chi connectivity index (χ4n) is 6.09. The van der Waals surface area contributed by atoms with E-state index >= 15 is 0 Å². The summed E-state index contributed by atoms with van der Waals surface area (Å²) >= 11 is 0. The van der Waals surface area contributed by atoms with Crippen LogP contribution in [0.2, 0.25) is 0 Å². The van der Waals surface area contributed by atoms with Crippen LogP contribution >= 0.6 is 0 Å². The van der Waals surface area contributed by atoms with Crippen molar-refractivity contribution in [2.45, 2.75) is 43.6 Å². The van der Waals surface area contributed by atoms with Crippen molar-refractivity contribution in [2.24, 2.45) is 11.5 Å². The number of nitriles is 1. The lowest BCUT2D eigenvalue weighted by Crippen LogP contribution is -2.42. The van der Waals surface area contributed by atoms with Crippen LogP contribution in [0, 0.1) is 11.3 Å². The van der Waals surface area contributed by atoms with Gasteiger partial charge < -0.3 is 21.7 Å². The van der Waals surface area contributed by atoms with E-state index in [4.69, 9.17) is 11.5 Å². The van der Waals surface area contributed by atoms with Gasteiger partial charge in [-0.15, -0.1) is 0 Å². The summed E-state index contributed by atoms with van der Waals surface area (Å²) in [5.74, 6) is -0.224. The van der Waals surface area contributed by atoms with E-state index in [9.17, 15) is 19.6 Å². The number of amides is 2. The van der Waals surface area contributed by atoms with E-state index in [0.717, 1.165) is 34.2 Å². The standard InChI is InChI=1S/C29H32N8O3/c1-17(31)18-6-8-23-19(13-18)4-5-20-14-21(26(32)39)7-9-24(20)29(23,27-34-28(40)36-35-27)10-11-33-16-25(38)37-12-2-3-22(37)15-30/h6-9,13-14,22,33H,1-5,10-12,16,31H2,(H2,32,39)(H2,34,35,36,40). The zero-order valence-corrected chi connectivity index (χ0v) is 22.1. The highest BCUT2D eigenvalue weighted by Crippen LogP contribution is 2.46. The Morgan fingerprint density at radius 3 is 2.42 bits per heavy atom. The molecule has 2 aliphatic rings. The number of fused-ring (bicyclic) bond motifs is 2. The van der Waals surface area contributed by atoms with Gasteiger partial charge in [-0.1, -0.05) is 24.8 Å². The topological polar surface area (TPSA) is 187 Å². The lowest BCUT2D eigenvalue weighted by atomic mass is 9.69. The van der Waals surface area contributed by atoms with Crippen LogP contribution in [0.1, 0.15) is 63.3 Å². The highest BCUT2D eigenvalue weighted by molar-refractivity contribution is 5.93. The predicted molar refractivity (Wildman–Crippen MR) is 149 cm³/mol. The molecule has 1 saturated heterocycles. The number of carbonyl (C=O) groups is 2. The SMILES string of the molecule is C=C(N)c1ccc2c(c1)CCc1cc(C(N)=O)ccc1C2(CCNCC(=O)N1CCCC1C#N)c1n[nH]c(=O)[nH]1. The predicted octanol–water partition coefficient (Wildman–Crippen LogP) is 1.05. The fourth-order valence-corrected chi connectivity index (χ4v) is 6.09. The molecule has 0 radical (unpaired) electrons. The Morgan fingerprint density at radius 2 is 1.82 bits per heavy atom. The molecular formula is C29H32N8O3. The molecule has 5 rings (SSSR count). The average Bonchev–Trinajstić information content (AvgIpc) is 3.58. The number of nitrogens with zero attached hydrogens (tertiary/aromatic N) is 3. The second kappa shape index (κ2) is 10.8. The van der Waals surface area contributed by atoms with Gasteiger partial charge in [0.1, 0.15) is 11.9 Å². The van der Waals surface area contributed by atoms with Crippen molar-refractivity contribution < 1.29 is 9.59 Å². The molecule has 0 spiro atoms. The van der Waals surface area contributed by atoms with Crippen molar-refractivity contribution in [3.63, 3.8) is 0 Å². The Labute approximate surface area is 231 Å². The summed E-state index contributed by atoms with van der Waals surface area (Å²) in [6.07, 6.45) is 3.21. The first-order valence-electron chi connectivity index (χ1n) is 13.3. The summed E-state index contributed by atoms with van der Waals surface area (Å²) in [6, 6.07) is 13.1. The molecule has 2 amide bonds. The fraction of sp³-hybridized carbons (Fsp3) is 0.345. The van der Waals surface area contributed by atoms with Crippen molar-refractivity contribution in [1.82, 2.24) is 25.4 Å². The number of rotatable bonds is 8. The Morgan fingerprint density at radius 1 is 1.15 bits per heavy atom. The summed E-state index contributed by atoms with van der Waals surface area (Å²) in [5.41, 5.74) is 15.6. The molecule has 0 bridgehead atoms. The first-order chi connectivity index (χ1) is 19.2. The van der Waals surface area contributed by atoms with E-state index in [2.05, 4.69) is 33.1 Å². The zero-order valence-electron chi connectivity index (χ0n) is 22.1. The van der Waals surface area contributed by atoms with Crippen LogP contribution in [0.3, 0.4) is 0 Å². The Hall–Kier alpha value is -4.69. The molecule has 0 saturated carbocycles. The molecule has 1 aliphatic carbocycles.